The highest BCUT2D eigenvalue weighted by molar-refractivity contribution is 5.98. The maximum Gasteiger partial charge on any atom is 0.227 e. The number of nitrogens with zero attached hydrogens (tertiary/aromatic N) is 1. The van der Waals surface area contributed by atoms with Crippen LogP contribution in [-0.4, -0.2) is 31.7 Å². The molecule has 2 heterocycles. The Hall–Kier alpha value is -1.55. The zero-order valence-electron chi connectivity index (χ0n) is 11.1. The first-order valence-corrected chi connectivity index (χ1v) is 7.09. The van der Waals surface area contributed by atoms with Crippen molar-refractivity contribution in [2.24, 2.45) is 0 Å². The highest BCUT2D eigenvalue weighted by atomic mass is 16.5. The molecule has 4 heteroatoms. The Morgan fingerprint density at radius 2 is 2.21 bits per heavy atom. The number of amides is 1. The van der Waals surface area contributed by atoms with Gasteiger partial charge in [0, 0.05) is 26.1 Å². The van der Waals surface area contributed by atoms with Crippen molar-refractivity contribution in [3.05, 3.63) is 24.3 Å². The van der Waals surface area contributed by atoms with E-state index >= 15 is 0 Å². The topological polar surface area (TPSA) is 41.6 Å². The molecular weight excluding hydrogens is 240 g/mol. The number of rotatable bonds is 4. The van der Waals surface area contributed by atoms with Crippen LogP contribution in [0.2, 0.25) is 0 Å². The van der Waals surface area contributed by atoms with Crippen LogP contribution in [0.1, 0.15) is 25.7 Å². The second-order valence-electron chi connectivity index (χ2n) is 5.18. The molecule has 2 aliphatic heterocycles. The van der Waals surface area contributed by atoms with Gasteiger partial charge in [-0.1, -0.05) is 12.1 Å². The number of para-hydroxylation sites is 2. The molecule has 0 radical (unpaired) electrons. The molecule has 0 saturated carbocycles. The van der Waals surface area contributed by atoms with Gasteiger partial charge in [0.2, 0.25) is 5.91 Å². The number of nitrogens with one attached hydrogen (secondary N) is 1. The Morgan fingerprint density at radius 3 is 2.95 bits per heavy atom. The van der Waals surface area contributed by atoms with Gasteiger partial charge in [-0.05, 0) is 31.4 Å². The number of hydrogen-bond acceptors (Lipinski definition) is 3. The van der Waals surface area contributed by atoms with E-state index in [9.17, 15) is 4.79 Å². The van der Waals surface area contributed by atoms with Crippen LogP contribution in [-0.2, 0) is 9.53 Å². The molecule has 2 saturated heterocycles. The average Bonchev–Trinajstić information content (AvgIpc) is 3.08. The summed E-state index contributed by atoms with van der Waals surface area (Å²) in [5.74, 6) is 0.228. The molecule has 1 N–H and O–H groups in total. The van der Waals surface area contributed by atoms with Crippen LogP contribution in [0.15, 0.2) is 24.3 Å². The van der Waals surface area contributed by atoms with Gasteiger partial charge in [0.15, 0.2) is 0 Å². The van der Waals surface area contributed by atoms with E-state index in [2.05, 4.69) is 5.32 Å². The van der Waals surface area contributed by atoms with Gasteiger partial charge in [-0.15, -0.1) is 0 Å². The molecule has 2 aliphatic rings. The van der Waals surface area contributed by atoms with E-state index in [4.69, 9.17) is 4.74 Å². The maximum atomic E-state index is 11.9. The lowest BCUT2D eigenvalue weighted by atomic mass is 10.2. The molecule has 4 nitrogen and oxygen atoms in total. The quantitative estimate of drug-likeness (QED) is 0.904. The summed E-state index contributed by atoms with van der Waals surface area (Å²) in [6, 6.07) is 8.04. The second kappa shape index (κ2) is 5.61. The predicted molar refractivity (Wildman–Crippen MR) is 75.5 cm³/mol. The van der Waals surface area contributed by atoms with Gasteiger partial charge < -0.3 is 15.0 Å². The van der Waals surface area contributed by atoms with E-state index in [1.165, 1.54) is 0 Å². The van der Waals surface area contributed by atoms with Crippen molar-refractivity contribution in [1.29, 1.82) is 0 Å². The molecule has 0 aromatic heterocycles. The van der Waals surface area contributed by atoms with Crippen LogP contribution in [0.5, 0.6) is 0 Å². The van der Waals surface area contributed by atoms with Crippen LogP contribution >= 0.6 is 0 Å². The van der Waals surface area contributed by atoms with Gasteiger partial charge in [0.25, 0.3) is 0 Å². The van der Waals surface area contributed by atoms with Gasteiger partial charge in [0.05, 0.1) is 17.5 Å². The lowest BCUT2D eigenvalue weighted by Gasteiger charge is -2.21. The van der Waals surface area contributed by atoms with E-state index < -0.39 is 0 Å². The standard InChI is InChI=1S/C15H20N2O2/c18-15-8-3-9-17(15)14-7-2-1-6-13(14)16-11-12-5-4-10-19-12/h1-2,6-7,12,16H,3-5,8-11H2. The Morgan fingerprint density at radius 1 is 1.32 bits per heavy atom. The molecule has 0 bridgehead atoms. The summed E-state index contributed by atoms with van der Waals surface area (Å²) in [5, 5.41) is 3.43. The van der Waals surface area contributed by atoms with E-state index in [0.717, 1.165) is 50.3 Å². The summed E-state index contributed by atoms with van der Waals surface area (Å²) in [5.41, 5.74) is 2.04. The lowest BCUT2D eigenvalue weighted by molar-refractivity contribution is -0.117. The number of anilines is 2. The zero-order valence-corrected chi connectivity index (χ0v) is 11.1. The van der Waals surface area contributed by atoms with Crippen LogP contribution < -0.4 is 10.2 Å². The van der Waals surface area contributed by atoms with Crippen LogP contribution in [0, 0.1) is 0 Å². The van der Waals surface area contributed by atoms with E-state index in [-0.39, 0.29) is 5.91 Å². The molecule has 2 fully saturated rings. The van der Waals surface area contributed by atoms with Crippen LogP contribution in [0.3, 0.4) is 0 Å². The Balaban J connectivity index is 1.71. The minimum absolute atomic E-state index is 0.228. The Labute approximate surface area is 113 Å². The van der Waals surface area contributed by atoms with Gasteiger partial charge in [-0.3, -0.25) is 4.79 Å². The first-order valence-electron chi connectivity index (χ1n) is 7.09. The fourth-order valence-corrected chi connectivity index (χ4v) is 2.79. The third kappa shape index (κ3) is 2.73. The van der Waals surface area contributed by atoms with Crippen molar-refractivity contribution in [2.45, 2.75) is 31.8 Å². The van der Waals surface area contributed by atoms with Crippen molar-refractivity contribution in [3.8, 4) is 0 Å². The Bertz CT molecular complexity index is 455. The predicted octanol–water partition coefficient (Wildman–Crippen LogP) is 2.40. The highest BCUT2D eigenvalue weighted by Gasteiger charge is 2.24. The highest BCUT2D eigenvalue weighted by Crippen LogP contribution is 2.29. The minimum Gasteiger partial charge on any atom is -0.381 e. The van der Waals surface area contributed by atoms with Gasteiger partial charge in [-0.2, -0.15) is 0 Å². The molecule has 102 valence electrons. The summed E-state index contributed by atoms with van der Waals surface area (Å²) in [4.78, 5) is 13.7. The number of ether oxygens (including phenoxy) is 1. The van der Waals surface area contributed by atoms with Crippen molar-refractivity contribution in [3.63, 3.8) is 0 Å². The minimum atomic E-state index is 0.228. The molecule has 0 aliphatic carbocycles. The van der Waals surface area contributed by atoms with E-state index in [1.807, 2.05) is 29.2 Å². The fraction of sp³-hybridized carbons (Fsp3) is 0.533. The zero-order chi connectivity index (χ0) is 13.1. The molecule has 0 spiro atoms. The second-order valence-corrected chi connectivity index (χ2v) is 5.18. The third-order valence-electron chi connectivity index (χ3n) is 3.81. The number of carbonyl (C=O) groups excluding carboxylic acids is 1. The van der Waals surface area contributed by atoms with Crippen molar-refractivity contribution >= 4 is 17.3 Å². The van der Waals surface area contributed by atoms with Crippen molar-refractivity contribution in [1.82, 2.24) is 0 Å². The first-order chi connectivity index (χ1) is 9.34. The van der Waals surface area contributed by atoms with Gasteiger partial charge >= 0.3 is 0 Å². The summed E-state index contributed by atoms with van der Waals surface area (Å²) >= 11 is 0. The van der Waals surface area contributed by atoms with E-state index in [1.54, 1.807) is 0 Å². The molecule has 19 heavy (non-hydrogen) atoms. The average molecular weight is 260 g/mol. The largest absolute Gasteiger partial charge is 0.381 e. The van der Waals surface area contributed by atoms with Crippen LogP contribution in [0.4, 0.5) is 11.4 Å². The first kappa shape index (κ1) is 12.5. The maximum absolute atomic E-state index is 11.9. The monoisotopic (exact) mass is 260 g/mol. The normalized spacial score (nSPS) is 23.1. The molecular formula is C15H20N2O2. The van der Waals surface area contributed by atoms with Crippen molar-refractivity contribution < 1.29 is 9.53 Å². The SMILES string of the molecule is O=C1CCCN1c1ccccc1NCC1CCCO1. The summed E-state index contributed by atoms with van der Waals surface area (Å²) < 4.78 is 5.62. The molecule has 1 atom stereocenters. The molecule has 3 rings (SSSR count). The lowest BCUT2D eigenvalue weighted by Crippen LogP contribution is -2.26. The molecule has 1 aromatic carbocycles. The smallest absolute Gasteiger partial charge is 0.227 e. The summed E-state index contributed by atoms with van der Waals surface area (Å²) in [6.45, 7) is 2.52. The summed E-state index contributed by atoms with van der Waals surface area (Å²) in [6.07, 6.45) is 4.21. The van der Waals surface area contributed by atoms with Crippen molar-refractivity contribution in [2.75, 3.05) is 29.9 Å². The molecule has 1 unspecified atom stereocenters. The number of carbonyl (C=O) groups is 1. The molecule has 1 amide bonds. The summed E-state index contributed by atoms with van der Waals surface area (Å²) in [7, 11) is 0. The number of hydrogen-bond donors (Lipinski definition) is 1. The fourth-order valence-electron chi connectivity index (χ4n) is 2.79. The number of benzene rings is 1. The Kier molecular flexibility index (Phi) is 3.69. The third-order valence-corrected chi connectivity index (χ3v) is 3.81. The van der Waals surface area contributed by atoms with E-state index in [0.29, 0.717) is 12.5 Å². The van der Waals surface area contributed by atoms with Gasteiger partial charge in [-0.25, -0.2) is 0 Å². The molecule has 1 aromatic rings. The van der Waals surface area contributed by atoms with Gasteiger partial charge in [0.1, 0.15) is 0 Å². The van der Waals surface area contributed by atoms with Crippen LogP contribution in [0.25, 0.3) is 0 Å².